The van der Waals surface area contributed by atoms with Gasteiger partial charge in [0.25, 0.3) is 5.91 Å². The Hall–Kier alpha value is -2.68. The molecule has 116 valence electrons. The average molecular weight is 305 g/mol. The van der Waals surface area contributed by atoms with Gasteiger partial charge in [0.1, 0.15) is 0 Å². The maximum atomic E-state index is 12.8. The zero-order valence-electron chi connectivity index (χ0n) is 13.2. The highest BCUT2D eigenvalue weighted by Gasteiger charge is 2.33. The van der Waals surface area contributed by atoms with E-state index in [2.05, 4.69) is 6.92 Å². The largest absolute Gasteiger partial charge is 0.295 e. The lowest BCUT2D eigenvalue weighted by Gasteiger charge is -2.18. The quantitative estimate of drug-likeness (QED) is 0.765. The topological polar surface area (TPSA) is 37.4 Å². The summed E-state index contributed by atoms with van der Waals surface area (Å²) in [6, 6.07) is 16.9. The number of carbonyl (C=O) groups excluding carboxylic acids is 2. The fraction of sp³-hybridized carbons (Fsp3) is 0.200. The van der Waals surface area contributed by atoms with Crippen LogP contribution in [0.25, 0.3) is 5.70 Å². The summed E-state index contributed by atoms with van der Waals surface area (Å²) in [7, 11) is 0. The van der Waals surface area contributed by atoms with Crippen molar-refractivity contribution in [1.82, 2.24) is 0 Å². The lowest BCUT2D eigenvalue weighted by atomic mass is 10.1. The number of nitrogens with zero attached hydrogens (tertiary/aromatic N) is 1. The molecule has 3 nitrogen and oxygen atoms in total. The number of ketones is 1. The van der Waals surface area contributed by atoms with E-state index in [-0.39, 0.29) is 11.7 Å². The molecule has 0 saturated heterocycles. The molecule has 0 aromatic heterocycles. The van der Waals surface area contributed by atoms with Crippen LogP contribution in [0.15, 0.2) is 60.7 Å². The first kappa shape index (κ1) is 15.2. The summed E-state index contributed by atoms with van der Waals surface area (Å²) in [6.07, 6.45) is 3.97. The molecule has 0 saturated carbocycles. The summed E-state index contributed by atoms with van der Waals surface area (Å²) >= 11 is 0. The Labute approximate surface area is 136 Å². The Bertz CT molecular complexity index is 762. The molecule has 0 spiro atoms. The van der Waals surface area contributed by atoms with E-state index in [1.807, 2.05) is 54.6 Å². The second-order valence-electron chi connectivity index (χ2n) is 5.62. The van der Waals surface area contributed by atoms with Gasteiger partial charge in [-0.2, -0.15) is 0 Å². The van der Waals surface area contributed by atoms with Gasteiger partial charge in [-0.25, -0.2) is 0 Å². The van der Waals surface area contributed by atoms with Crippen LogP contribution >= 0.6 is 0 Å². The fourth-order valence-corrected chi connectivity index (χ4v) is 2.79. The normalized spacial score (nSPS) is 15.1. The zero-order valence-corrected chi connectivity index (χ0v) is 13.2. The van der Waals surface area contributed by atoms with E-state index in [1.165, 1.54) is 0 Å². The van der Waals surface area contributed by atoms with Crippen molar-refractivity contribution in [3.05, 3.63) is 71.8 Å². The maximum Gasteiger partial charge on any atom is 0.263 e. The van der Waals surface area contributed by atoms with Crippen molar-refractivity contribution < 1.29 is 9.59 Å². The summed E-state index contributed by atoms with van der Waals surface area (Å²) < 4.78 is 0. The maximum absolute atomic E-state index is 12.8. The molecule has 1 amide bonds. The van der Waals surface area contributed by atoms with Gasteiger partial charge in [0.2, 0.25) is 0 Å². The van der Waals surface area contributed by atoms with Gasteiger partial charge in [-0.05, 0) is 24.6 Å². The van der Waals surface area contributed by atoms with Crippen LogP contribution in [0.3, 0.4) is 0 Å². The number of allylic oxidation sites excluding steroid dienone is 1. The number of rotatable bonds is 5. The molecule has 0 bridgehead atoms. The van der Waals surface area contributed by atoms with E-state index in [0.29, 0.717) is 17.7 Å². The fourth-order valence-electron chi connectivity index (χ4n) is 2.79. The van der Waals surface area contributed by atoms with Gasteiger partial charge < -0.3 is 0 Å². The highest BCUT2D eigenvalue weighted by atomic mass is 16.2. The first-order valence-corrected chi connectivity index (χ1v) is 7.96. The Balaban J connectivity index is 2.06. The average Bonchev–Trinajstić information content (AvgIpc) is 2.86. The van der Waals surface area contributed by atoms with E-state index in [4.69, 9.17) is 0 Å². The van der Waals surface area contributed by atoms with Crippen molar-refractivity contribution in [3.63, 3.8) is 0 Å². The number of fused-ring (bicyclic) bond motifs is 1. The van der Waals surface area contributed by atoms with Crippen LogP contribution in [-0.4, -0.2) is 11.7 Å². The Morgan fingerprint density at radius 1 is 1.00 bits per heavy atom. The zero-order chi connectivity index (χ0) is 16.2. The molecule has 0 radical (unpaired) electrons. The summed E-state index contributed by atoms with van der Waals surface area (Å²) in [5.74, 6) is -0.0198. The lowest BCUT2D eigenvalue weighted by Crippen LogP contribution is -2.22. The molecule has 3 rings (SSSR count). The minimum Gasteiger partial charge on any atom is -0.295 e. The van der Waals surface area contributed by atoms with Crippen molar-refractivity contribution in [2.45, 2.75) is 26.2 Å². The van der Waals surface area contributed by atoms with E-state index in [0.717, 1.165) is 24.1 Å². The molecule has 1 aliphatic rings. The minimum absolute atomic E-state index is 0.0623. The molecule has 0 fully saturated rings. The van der Waals surface area contributed by atoms with Crippen molar-refractivity contribution in [1.29, 1.82) is 0 Å². The van der Waals surface area contributed by atoms with Gasteiger partial charge in [-0.3, -0.25) is 14.5 Å². The summed E-state index contributed by atoms with van der Waals surface area (Å²) in [5, 5.41) is 0. The number of para-hydroxylation sites is 1. The molecular formula is C20H19NO2. The highest BCUT2D eigenvalue weighted by Crippen LogP contribution is 2.36. The molecule has 0 unspecified atom stereocenters. The number of amides is 1. The van der Waals surface area contributed by atoms with Crippen LogP contribution in [0.5, 0.6) is 0 Å². The molecule has 2 aromatic carbocycles. The second-order valence-corrected chi connectivity index (χ2v) is 5.62. The Kier molecular flexibility index (Phi) is 4.38. The molecule has 2 aromatic rings. The molecule has 0 N–H and O–H groups in total. The van der Waals surface area contributed by atoms with Gasteiger partial charge in [0, 0.05) is 29.3 Å². The SMILES string of the molecule is CCCCC(=O)C=C1c2ccccc2C(=O)N1c1ccccc1. The Morgan fingerprint density at radius 2 is 1.65 bits per heavy atom. The van der Waals surface area contributed by atoms with Crippen LogP contribution < -0.4 is 4.90 Å². The summed E-state index contributed by atoms with van der Waals surface area (Å²) in [6.45, 7) is 2.06. The van der Waals surface area contributed by atoms with Crippen molar-refractivity contribution in [2.75, 3.05) is 4.90 Å². The number of hydrogen-bond donors (Lipinski definition) is 0. The third-order valence-electron chi connectivity index (χ3n) is 3.97. The van der Waals surface area contributed by atoms with Crippen LogP contribution in [0.1, 0.15) is 42.1 Å². The summed E-state index contributed by atoms with van der Waals surface area (Å²) in [4.78, 5) is 26.6. The molecule has 0 atom stereocenters. The summed E-state index contributed by atoms with van der Waals surface area (Å²) in [5.41, 5.74) is 2.93. The molecule has 0 aliphatic carbocycles. The predicted octanol–water partition coefficient (Wildman–Crippen LogP) is 4.45. The monoisotopic (exact) mass is 305 g/mol. The van der Waals surface area contributed by atoms with Crippen LogP contribution in [0, 0.1) is 0 Å². The Morgan fingerprint density at radius 3 is 2.35 bits per heavy atom. The first-order valence-electron chi connectivity index (χ1n) is 7.96. The van der Waals surface area contributed by atoms with E-state index >= 15 is 0 Å². The minimum atomic E-state index is -0.0821. The van der Waals surface area contributed by atoms with Crippen LogP contribution in [-0.2, 0) is 4.79 Å². The van der Waals surface area contributed by atoms with E-state index in [9.17, 15) is 9.59 Å². The number of unbranched alkanes of at least 4 members (excludes halogenated alkanes) is 1. The van der Waals surface area contributed by atoms with Gasteiger partial charge in [-0.15, -0.1) is 0 Å². The third kappa shape index (κ3) is 2.95. The van der Waals surface area contributed by atoms with Crippen LogP contribution in [0.4, 0.5) is 5.69 Å². The van der Waals surface area contributed by atoms with E-state index in [1.54, 1.807) is 11.0 Å². The number of benzene rings is 2. The second kappa shape index (κ2) is 6.61. The smallest absolute Gasteiger partial charge is 0.263 e. The van der Waals surface area contributed by atoms with Gasteiger partial charge in [-0.1, -0.05) is 49.7 Å². The predicted molar refractivity (Wildman–Crippen MR) is 92.2 cm³/mol. The van der Waals surface area contributed by atoms with Crippen LogP contribution in [0.2, 0.25) is 0 Å². The molecule has 1 heterocycles. The van der Waals surface area contributed by atoms with Gasteiger partial charge in [0.05, 0.1) is 5.70 Å². The molecule has 3 heteroatoms. The number of hydrogen-bond acceptors (Lipinski definition) is 2. The standard InChI is InChI=1S/C20H19NO2/c1-2-3-11-16(22)14-19-17-12-7-8-13-18(17)20(23)21(19)15-9-5-4-6-10-15/h4-10,12-14H,2-3,11H2,1H3. The number of anilines is 1. The highest BCUT2D eigenvalue weighted by molar-refractivity contribution is 6.24. The lowest BCUT2D eigenvalue weighted by molar-refractivity contribution is -0.114. The first-order chi connectivity index (χ1) is 11.2. The number of carbonyl (C=O) groups is 2. The van der Waals surface area contributed by atoms with Gasteiger partial charge in [0.15, 0.2) is 5.78 Å². The third-order valence-corrected chi connectivity index (χ3v) is 3.97. The van der Waals surface area contributed by atoms with Crippen molar-refractivity contribution in [2.24, 2.45) is 0 Å². The molecule has 1 aliphatic heterocycles. The van der Waals surface area contributed by atoms with Crippen molar-refractivity contribution in [3.8, 4) is 0 Å². The molecular weight excluding hydrogens is 286 g/mol. The van der Waals surface area contributed by atoms with Gasteiger partial charge >= 0.3 is 0 Å². The molecule has 23 heavy (non-hydrogen) atoms. The van der Waals surface area contributed by atoms with Crippen molar-refractivity contribution >= 4 is 23.1 Å². The van der Waals surface area contributed by atoms with E-state index < -0.39 is 0 Å².